The molecule has 5 heteroatoms. The second kappa shape index (κ2) is 4.51. The van der Waals surface area contributed by atoms with Gasteiger partial charge in [0.1, 0.15) is 5.75 Å². The molecule has 0 spiro atoms. The standard InChI is InChI=1S/C11H14N2O3/c14-8-3-1-7(2-4-8)13-11(16)10-5-9(15)6-12-10/h1-4,9-10,12,14-15H,5-6H2,(H,13,16). The highest BCUT2D eigenvalue weighted by atomic mass is 16.3. The molecule has 5 nitrogen and oxygen atoms in total. The summed E-state index contributed by atoms with van der Waals surface area (Å²) in [7, 11) is 0. The zero-order valence-corrected chi connectivity index (χ0v) is 8.68. The number of phenolic OH excluding ortho intramolecular Hbond substituents is 1. The Morgan fingerprint density at radius 3 is 2.62 bits per heavy atom. The number of rotatable bonds is 2. The Bertz CT molecular complexity index is 377. The predicted molar refractivity (Wildman–Crippen MR) is 59.2 cm³/mol. The van der Waals surface area contributed by atoms with Crippen LogP contribution in [0, 0.1) is 0 Å². The second-order valence-electron chi connectivity index (χ2n) is 3.89. The molecule has 0 aromatic heterocycles. The number of phenols is 1. The number of anilines is 1. The molecular formula is C11H14N2O3. The number of carbonyl (C=O) groups is 1. The molecule has 1 fully saturated rings. The molecule has 1 aliphatic heterocycles. The number of aliphatic hydroxyl groups is 1. The number of nitrogens with one attached hydrogen (secondary N) is 2. The van der Waals surface area contributed by atoms with Gasteiger partial charge in [-0.1, -0.05) is 0 Å². The molecule has 1 saturated heterocycles. The maximum atomic E-state index is 11.7. The summed E-state index contributed by atoms with van der Waals surface area (Å²) >= 11 is 0. The van der Waals surface area contributed by atoms with Crippen molar-refractivity contribution in [3.05, 3.63) is 24.3 Å². The smallest absolute Gasteiger partial charge is 0.241 e. The summed E-state index contributed by atoms with van der Waals surface area (Å²) in [4.78, 5) is 11.7. The van der Waals surface area contributed by atoms with Gasteiger partial charge >= 0.3 is 0 Å². The van der Waals surface area contributed by atoms with E-state index in [-0.39, 0.29) is 17.7 Å². The zero-order chi connectivity index (χ0) is 11.5. The van der Waals surface area contributed by atoms with Crippen LogP contribution < -0.4 is 10.6 Å². The summed E-state index contributed by atoms with van der Waals surface area (Å²) < 4.78 is 0. The molecule has 2 rings (SSSR count). The van der Waals surface area contributed by atoms with Crippen LogP contribution in [0.15, 0.2) is 24.3 Å². The zero-order valence-electron chi connectivity index (χ0n) is 8.68. The average molecular weight is 222 g/mol. The van der Waals surface area contributed by atoms with Gasteiger partial charge in [-0.15, -0.1) is 0 Å². The first-order chi connectivity index (χ1) is 7.65. The van der Waals surface area contributed by atoms with Crippen molar-refractivity contribution in [1.29, 1.82) is 0 Å². The number of β-amino-alcohol motifs (C(OH)–C–C–N with tert-alkyl or cyclic N) is 1. The van der Waals surface area contributed by atoms with Gasteiger partial charge in [-0.25, -0.2) is 0 Å². The molecule has 0 radical (unpaired) electrons. The van der Waals surface area contributed by atoms with Crippen LogP contribution in [-0.4, -0.2) is 34.8 Å². The summed E-state index contributed by atoms with van der Waals surface area (Å²) in [6.07, 6.45) is -0.0141. The van der Waals surface area contributed by atoms with Crippen LogP contribution in [0.4, 0.5) is 5.69 Å². The molecule has 1 aromatic rings. The van der Waals surface area contributed by atoms with Gasteiger partial charge in [0, 0.05) is 12.2 Å². The third kappa shape index (κ3) is 2.50. The third-order valence-electron chi connectivity index (χ3n) is 2.56. The van der Waals surface area contributed by atoms with Gasteiger partial charge in [0.05, 0.1) is 12.1 Å². The lowest BCUT2D eigenvalue weighted by Gasteiger charge is -2.10. The predicted octanol–water partition coefficient (Wildman–Crippen LogP) is 0.0535. The highest BCUT2D eigenvalue weighted by Crippen LogP contribution is 2.15. The van der Waals surface area contributed by atoms with Crippen LogP contribution in [0.3, 0.4) is 0 Å². The number of amides is 1. The van der Waals surface area contributed by atoms with Gasteiger partial charge in [-0.2, -0.15) is 0 Å². The van der Waals surface area contributed by atoms with Gasteiger partial charge in [0.2, 0.25) is 5.91 Å². The third-order valence-corrected chi connectivity index (χ3v) is 2.56. The van der Waals surface area contributed by atoms with Gasteiger partial charge in [-0.05, 0) is 30.7 Å². The molecule has 86 valence electrons. The van der Waals surface area contributed by atoms with Crippen molar-refractivity contribution in [2.45, 2.75) is 18.6 Å². The summed E-state index contributed by atoms with van der Waals surface area (Å²) in [6, 6.07) is 5.92. The topological polar surface area (TPSA) is 81.6 Å². The molecule has 0 bridgehead atoms. The molecule has 0 aliphatic carbocycles. The van der Waals surface area contributed by atoms with E-state index < -0.39 is 6.10 Å². The first-order valence-electron chi connectivity index (χ1n) is 5.16. The quantitative estimate of drug-likeness (QED) is 0.533. The Kier molecular flexibility index (Phi) is 3.07. The fourth-order valence-electron chi connectivity index (χ4n) is 1.69. The van der Waals surface area contributed by atoms with E-state index in [0.717, 1.165) is 0 Å². The number of aromatic hydroxyl groups is 1. The summed E-state index contributed by atoms with van der Waals surface area (Å²) in [5.41, 5.74) is 0.631. The molecule has 1 amide bonds. The van der Waals surface area contributed by atoms with E-state index in [1.165, 1.54) is 12.1 Å². The number of benzene rings is 1. The van der Waals surface area contributed by atoms with E-state index in [1.807, 2.05) is 0 Å². The van der Waals surface area contributed by atoms with E-state index in [4.69, 9.17) is 5.11 Å². The normalized spacial score (nSPS) is 24.3. The molecule has 0 saturated carbocycles. The van der Waals surface area contributed by atoms with E-state index in [9.17, 15) is 9.90 Å². The summed E-state index contributed by atoms with van der Waals surface area (Å²) in [6.45, 7) is 0.452. The SMILES string of the molecule is O=C(Nc1ccc(O)cc1)C1CC(O)CN1. The minimum atomic E-state index is -0.449. The van der Waals surface area contributed by atoms with E-state index in [2.05, 4.69) is 10.6 Å². The average Bonchev–Trinajstić information content (AvgIpc) is 2.68. The highest BCUT2D eigenvalue weighted by Gasteiger charge is 2.27. The maximum Gasteiger partial charge on any atom is 0.241 e. The van der Waals surface area contributed by atoms with Crippen LogP contribution in [0.5, 0.6) is 5.75 Å². The second-order valence-corrected chi connectivity index (χ2v) is 3.89. The molecule has 1 aromatic carbocycles. The summed E-state index contributed by atoms with van der Waals surface area (Å²) in [5, 5.41) is 24.0. The Morgan fingerprint density at radius 2 is 2.06 bits per heavy atom. The lowest BCUT2D eigenvalue weighted by atomic mass is 10.2. The molecule has 16 heavy (non-hydrogen) atoms. The van der Waals surface area contributed by atoms with E-state index in [1.54, 1.807) is 12.1 Å². The van der Waals surface area contributed by atoms with Crippen LogP contribution in [-0.2, 0) is 4.79 Å². The minimum absolute atomic E-state index is 0.160. The van der Waals surface area contributed by atoms with E-state index >= 15 is 0 Å². The van der Waals surface area contributed by atoms with Crippen LogP contribution >= 0.6 is 0 Å². The van der Waals surface area contributed by atoms with Crippen molar-refractivity contribution in [2.75, 3.05) is 11.9 Å². The van der Waals surface area contributed by atoms with Crippen LogP contribution in [0.2, 0.25) is 0 Å². The molecule has 2 atom stereocenters. The molecular weight excluding hydrogens is 208 g/mol. The van der Waals surface area contributed by atoms with Crippen molar-refractivity contribution in [3.63, 3.8) is 0 Å². The molecule has 4 N–H and O–H groups in total. The van der Waals surface area contributed by atoms with E-state index in [0.29, 0.717) is 18.7 Å². The number of hydrogen-bond acceptors (Lipinski definition) is 4. The minimum Gasteiger partial charge on any atom is -0.508 e. The van der Waals surface area contributed by atoms with Crippen molar-refractivity contribution < 1.29 is 15.0 Å². The molecule has 1 aliphatic rings. The monoisotopic (exact) mass is 222 g/mol. The molecule has 1 heterocycles. The largest absolute Gasteiger partial charge is 0.508 e. The Labute approximate surface area is 93.1 Å². The van der Waals surface area contributed by atoms with Crippen molar-refractivity contribution in [2.24, 2.45) is 0 Å². The fraction of sp³-hybridized carbons (Fsp3) is 0.364. The van der Waals surface area contributed by atoms with Gasteiger partial charge in [0.15, 0.2) is 0 Å². The molecule has 2 unspecified atom stereocenters. The number of aliphatic hydroxyl groups excluding tert-OH is 1. The van der Waals surface area contributed by atoms with Crippen molar-refractivity contribution in [3.8, 4) is 5.75 Å². The van der Waals surface area contributed by atoms with Gasteiger partial charge < -0.3 is 20.8 Å². The van der Waals surface area contributed by atoms with Crippen molar-refractivity contribution in [1.82, 2.24) is 5.32 Å². The van der Waals surface area contributed by atoms with Gasteiger partial charge in [0.25, 0.3) is 0 Å². The number of hydrogen-bond donors (Lipinski definition) is 4. The Balaban J connectivity index is 1.94. The number of carbonyl (C=O) groups excluding carboxylic acids is 1. The summed E-state index contributed by atoms with van der Waals surface area (Å²) in [5.74, 6) is -0.00495. The Morgan fingerprint density at radius 1 is 1.38 bits per heavy atom. The van der Waals surface area contributed by atoms with Gasteiger partial charge in [-0.3, -0.25) is 4.79 Å². The fourth-order valence-corrected chi connectivity index (χ4v) is 1.69. The highest BCUT2D eigenvalue weighted by molar-refractivity contribution is 5.95. The van der Waals surface area contributed by atoms with Crippen LogP contribution in [0.25, 0.3) is 0 Å². The maximum absolute atomic E-state index is 11.7. The van der Waals surface area contributed by atoms with Crippen LogP contribution in [0.1, 0.15) is 6.42 Å². The lowest BCUT2D eigenvalue weighted by molar-refractivity contribution is -0.117. The first kappa shape index (κ1) is 10.9. The Hall–Kier alpha value is -1.59. The first-order valence-corrected chi connectivity index (χ1v) is 5.16. The van der Waals surface area contributed by atoms with Crippen molar-refractivity contribution >= 4 is 11.6 Å². The lowest BCUT2D eigenvalue weighted by Crippen LogP contribution is -2.35.